The molecule has 0 radical (unpaired) electrons. The van der Waals surface area contributed by atoms with E-state index in [1.165, 1.54) is 7.11 Å². The fourth-order valence-corrected chi connectivity index (χ4v) is 4.97. The number of carbonyl (C=O) groups is 4. The van der Waals surface area contributed by atoms with Crippen molar-refractivity contribution in [3.8, 4) is 11.5 Å². The largest absolute Gasteiger partial charge is 0.495 e. The Morgan fingerprint density at radius 2 is 1.08 bits per heavy atom. The Kier molecular flexibility index (Phi) is 13.4. The number of ether oxygens (including phenoxy) is 1. The topological polar surface area (TPSA) is 140 Å². The van der Waals surface area contributed by atoms with Crippen molar-refractivity contribution in [2.45, 2.75) is 19.8 Å². The minimum absolute atomic E-state index is 0.192. The van der Waals surface area contributed by atoms with Gasteiger partial charge in [-0.2, -0.15) is 4.21 Å². The SMILES string of the molecule is COc1ccccc1NC(=O)CC(=O)c1ccccc1.Cc1ccc(OS(=O)Nc2ccc(NC(=O)CC(=O)c3ccccc3)cc2)cc1. The van der Waals surface area contributed by atoms with E-state index in [0.717, 1.165) is 5.56 Å². The van der Waals surface area contributed by atoms with Crippen molar-refractivity contribution in [3.63, 3.8) is 0 Å². The Morgan fingerprint density at radius 3 is 1.63 bits per heavy atom. The lowest BCUT2D eigenvalue weighted by molar-refractivity contribution is -0.116. The molecule has 0 fully saturated rings. The van der Waals surface area contributed by atoms with Crippen LogP contribution in [0.25, 0.3) is 0 Å². The molecule has 5 rings (SSSR count). The van der Waals surface area contributed by atoms with Crippen molar-refractivity contribution in [3.05, 3.63) is 150 Å². The fraction of sp³-hybridized carbons (Fsp3) is 0.105. The zero-order valence-corrected chi connectivity index (χ0v) is 27.7. The summed E-state index contributed by atoms with van der Waals surface area (Å²) in [7, 11) is 1.53. The van der Waals surface area contributed by atoms with Crippen LogP contribution in [0.15, 0.2) is 133 Å². The first kappa shape index (κ1) is 35.8. The molecule has 0 spiro atoms. The maximum atomic E-state index is 12.1. The predicted molar refractivity (Wildman–Crippen MR) is 191 cm³/mol. The third-order valence-corrected chi connectivity index (χ3v) is 7.52. The van der Waals surface area contributed by atoms with Crippen molar-refractivity contribution in [2.75, 3.05) is 22.5 Å². The molecule has 5 aromatic carbocycles. The maximum absolute atomic E-state index is 12.1. The maximum Gasteiger partial charge on any atom is 0.316 e. The van der Waals surface area contributed by atoms with Gasteiger partial charge in [-0.05, 0) is 55.5 Å². The summed E-state index contributed by atoms with van der Waals surface area (Å²) in [6.45, 7) is 1.96. The van der Waals surface area contributed by atoms with Crippen molar-refractivity contribution in [2.24, 2.45) is 0 Å². The minimum Gasteiger partial charge on any atom is -0.495 e. The molecule has 0 saturated heterocycles. The number of anilines is 3. The van der Waals surface area contributed by atoms with Crippen molar-refractivity contribution < 1.29 is 32.3 Å². The number of rotatable bonds is 13. The van der Waals surface area contributed by atoms with Gasteiger partial charge >= 0.3 is 11.3 Å². The lowest BCUT2D eigenvalue weighted by Gasteiger charge is -2.09. The first-order chi connectivity index (χ1) is 23.7. The molecule has 0 aromatic heterocycles. The van der Waals surface area contributed by atoms with E-state index in [2.05, 4.69) is 15.4 Å². The van der Waals surface area contributed by atoms with E-state index in [0.29, 0.717) is 39.7 Å². The molecule has 1 atom stereocenters. The number of ketones is 2. The first-order valence-electron chi connectivity index (χ1n) is 15.1. The highest BCUT2D eigenvalue weighted by molar-refractivity contribution is 7.81. The van der Waals surface area contributed by atoms with Crippen LogP contribution < -0.4 is 24.3 Å². The predicted octanol–water partition coefficient (Wildman–Crippen LogP) is 7.18. The summed E-state index contributed by atoms with van der Waals surface area (Å²) in [6, 6.07) is 38.3. The molecule has 250 valence electrons. The van der Waals surface area contributed by atoms with E-state index < -0.39 is 17.2 Å². The second kappa shape index (κ2) is 18.3. The Morgan fingerprint density at radius 1 is 0.592 bits per heavy atom. The van der Waals surface area contributed by atoms with Gasteiger partial charge in [0.05, 0.1) is 25.6 Å². The van der Waals surface area contributed by atoms with Gasteiger partial charge in [-0.3, -0.25) is 23.9 Å². The lowest BCUT2D eigenvalue weighted by Crippen LogP contribution is -2.17. The van der Waals surface area contributed by atoms with Crippen LogP contribution in [0, 0.1) is 6.92 Å². The van der Waals surface area contributed by atoms with Gasteiger partial charge in [0, 0.05) is 22.5 Å². The second-order valence-corrected chi connectivity index (χ2v) is 11.4. The molecule has 2 amide bonds. The van der Waals surface area contributed by atoms with Crippen LogP contribution in [0.2, 0.25) is 0 Å². The van der Waals surface area contributed by atoms with Crippen LogP contribution in [-0.2, 0) is 20.9 Å². The van der Waals surface area contributed by atoms with Crippen molar-refractivity contribution >= 4 is 51.7 Å². The number of hydrogen-bond donors (Lipinski definition) is 3. The van der Waals surface area contributed by atoms with Gasteiger partial charge in [0.1, 0.15) is 11.5 Å². The van der Waals surface area contributed by atoms with Gasteiger partial charge in [-0.1, -0.05) is 90.5 Å². The Balaban J connectivity index is 0.000000237. The molecule has 10 nitrogen and oxygen atoms in total. The molecule has 0 aliphatic carbocycles. The molecule has 0 saturated carbocycles. The fourth-order valence-electron chi connectivity index (χ4n) is 4.31. The molecule has 1 unspecified atom stereocenters. The summed E-state index contributed by atoms with van der Waals surface area (Å²) in [5.74, 6) is -0.154. The molecular formula is C38H35N3O7S. The lowest BCUT2D eigenvalue weighted by atomic mass is 10.1. The Labute approximate surface area is 287 Å². The summed E-state index contributed by atoms with van der Waals surface area (Å²) in [5, 5.41) is 5.35. The van der Waals surface area contributed by atoms with Crippen LogP contribution in [-0.4, -0.2) is 34.7 Å². The number of para-hydroxylation sites is 2. The number of carbonyl (C=O) groups excluding carboxylic acids is 4. The quantitative estimate of drug-likeness (QED) is 0.0886. The van der Waals surface area contributed by atoms with Crippen LogP contribution in [0.1, 0.15) is 39.1 Å². The first-order valence-corrected chi connectivity index (χ1v) is 16.2. The van der Waals surface area contributed by atoms with E-state index in [1.54, 1.807) is 103 Å². The number of methoxy groups -OCH3 is 1. The zero-order valence-electron chi connectivity index (χ0n) is 26.9. The minimum atomic E-state index is -1.76. The van der Waals surface area contributed by atoms with Crippen molar-refractivity contribution in [1.82, 2.24) is 0 Å². The molecule has 0 heterocycles. The average molecular weight is 678 g/mol. The number of aryl methyl sites for hydroxylation is 1. The Hall–Kier alpha value is -6.07. The molecule has 49 heavy (non-hydrogen) atoms. The number of amides is 2. The highest BCUT2D eigenvalue weighted by Crippen LogP contribution is 2.23. The average Bonchev–Trinajstić information content (AvgIpc) is 3.11. The monoisotopic (exact) mass is 677 g/mol. The van der Waals surface area contributed by atoms with Gasteiger partial charge in [0.25, 0.3) is 0 Å². The van der Waals surface area contributed by atoms with E-state index >= 15 is 0 Å². The summed E-state index contributed by atoms with van der Waals surface area (Å²) in [6.07, 6.45) is -0.430. The van der Waals surface area contributed by atoms with Crippen LogP contribution >= 0.6 is 0 Å². The van der Waals surface area contributed by atoms with E-state index in [1.807, 2.05) is 37.3 Å². The molecule has 11 heteroatoms. The Bertz CT molecular complexity index is 1880. The highest BCUT2D eigenvalue weighted by atomic mass is 32.2. The number of hydrogen-bond acceptors (Lipinski definition) is 7. The van der Waals surface area contributed by atoms with Crippen molar-refractivity contribution in [1.29, 1.82) is 0 Å². The smallest absolute Gasteiger partial charge is 0.316 e. The molecule has 0 bridgehead atoms. The molecule has 0 aliphatic rings. The van der Waals surface area contributed by atoms with E-state index in [-0.39, 0.29) is 30.3 Å². The van der Waals surface area contributed by atoms with Crippen LogP contribution in [0.3, 0.4) is 0 Å². The third kappa shape index (κ3) is 11.9. The molecular weight excluding hydrogens is 642 g/mol. The summed E-state index contributed by atoms with van der Waals surface area (Å²) < 4.78 is 25.2. The van der Waals surface area contributed by atoms with Gasteiger partial charge in [0.15, 0.2) is 11.6 Å². The van der Waals surface area contributed by atoms with Gasteiger partial charge in [-0.25, -0.2) is 0 Å². The van der Waals surface area contributed by atoms with Crippen LogP contribution in [0.5, 0.6) is 11.5 Å². The summed E-state index contributed by atoms with van der Waals surface area (Å²) in [4.78, 5) is 47.9. The highest BCUT2D eigenvalue weighted by Gasteiger charge is 2.14. The van der Waals surface area contributed by atoms with E-state index in [4.69, 9.17) is 8.92 Å². The standard InChI is InChI=1S/C22H20N2O4S.C16H15NO3/c1-16-7-13-20(14-8-16)28-29(27)24-19-11-9-18(10-12-19)23-22(26)15-21(25)17-5-3-2-4-6-17;1-20-15-10-6-5-9-13(15)17-16(19)11-14(18)12-7-3-2-4-8-12/h2-14,24H,15H2,1H3,(H,23,26);2-10H,11H2,1H3,(H,17,19). The number of benzene rings is 5. The van der Waals surface area contributed by atoms with Gasteiger partial charge < -0.3 is 19.6 Å². The van der Waals surface area contributed by atoms with Gasteiger partial charge in [-0.15, -0.1) is 0 Å². The van der Waals surface area contributed by atoms with Crippen LogP contribution in [0.4, 0.5) is 17.1 Å². The second-order valence-electron chi connectivity index (χ2n) is 10.5. The van der Waals surface area contributed by atoms with E-state index in [9.17, 15) is 23.4 Å². The molecule has 5 aromatic rings. The number of nitrogens with one attached hydrogen (secondary N) is 3. The summed E-state index contributed by atoms with van der Waals surface area (Å²) in [5.41, 5.74) is 3.77. The number of Topliss-reactive ketones (excluding diaryl/α,β-unsaturated/α-hetero) is 2. The van der Waals surface area contributed by atoms with Gasteiger partial charge in [0.2, 0.25) is 11.8 Å². The summed E-state index contributed by atoms with van der Waals surface area (Å²) >= 11 is -1.76. The third-order valence-electron chi connectivity index (χ3n) is 6.78. The zero-order chi connectivity index (χ0) is 35.0. The molecule has 0 aliphatic heterocycles. The molecule has 3 N–H and O–H groups in total. The normalized spacial score (nSPS) is 10.7.